The standard InChI is InChI=1S/C14H19FN4O/c1-5-14(10-7-6-9(15)8-16-10)11(20)17-12(19-14)18-13(2,3)4/h6-8H,5H2,1-4H3,(H2,17,18,19,20). The van der Waals surface area contributed by atoms with Crippen molar-refractivity contribution in [2.45, 2.75) is 45.2 Å². The second kappa shape index (κ2) is 4.85. The summed E-state index contributed by atoms with van der Waals surface area (Å²) in [7, 11) is 0. The quantitative estimate of drug-likeness (QED) is 0.865. The van der Waals surface area contributed by atoms with Crippen LogP contribution in [0.3, 0.4) is 0 Å². The van der Waals surface area contributed by atoms with Crippen LogP contribution in [0.25, 0.3) is 0 Å². The minimum Gasteiger partial charge on any atom is -0.351 e. The molecule has 0 saturated heterocycles. The van der Waals surface area contributed by atoms with Crippen LogP contribution in [0.1, 0.15) is 39.8 Å². The van der Waals surface area contributed by atoms with E-state index in [0.29, 0.717) is 18.1 Å². The minimum atomic E-state index is -1.08. The Morgan fingerprint density at radius 3 is 2.60 bits per heavy atom. The number of hydrogen-bond donors (Lipinski definition) is 2. The van der Waals surface area contributed by atoms with Crippen molar-refractivity contribution in [2.24, 2.45) is 4.99 Å². The number of hydrogen-bond acceptors (Lipinski definition) is 4. The average molecular weight is 278 g/mol. The Morgan fingerprint density at radius 2 is 2.10 bits per heavy atom. The molecule has 1 atom stereocenters. The van der Waals surface area contributed by atoms with Gasteiger partial charge in [-0.25, -0.2) is 9.38 Å². The van der Waals surface area contributed by atoms with Crippen molar-refractivity contribution in [3.05, 3.63) is 29.8 Å². The molecule has 0 bridgehead atoms. The Hall–Kier alpha value is -1.98. The third-order valence-electron chi connectivity index (χ3n) is 3.07. The smallest absolute Gasteiger partial charge is 0.260 e. The van der Waals surface area contributed by atoms with Gasteiger partial charge < -0.3 is 5.32 Å². The number of nitrogens with one attached hydrogen (secondary N) is 2. The number of nitrogens with zero attached hydrogens (tertiary/aromatic N) is 2. The maximum absolute atomic E-state index is 13.0. The van der Waals surface area contributed by atoms with Crippen molar-refractivity contribution < 1.29 is 9.18 Å². The van der Waals surface area contributed by atoms with E-state index < -0.39 is 11.4 Å². The lowest BCUT2D eigenvalue weighted by Gasteiger charge is -2.21. The largest absolute Gasteiger partial charge is 0.351 e. The van der Waals surface area contributed by atoms with E-state index in [-0.39, 0.29) is 11.4 Å². The number of rotatable bonds is 2. The Morgan fingerprint density at radius 1 is 1.40 bits per heavy atom. The van der Waals surface area contributed by atoms with Crippen LogP contribution in [0.15, 0.2) is 23.3 Å². The lowest BCUT2D eigenvalue weighted by atomic mass is 9.92. The molecule has 0 fully saturated rings. The zero-order valence-electron chi connectivity index (χ0n) is 12.1. The van der Waals surface area contributed by atoms with E-state index in [1.807, 2.05) is 27.7 Å². The molecule has 1 aliphatic heterocycles. The number of guanidine groups is 1. The fraction of sp³-hybridized carbons (Fsp3) is 0.500. The molecular formula is C14H19FN4O. The summed E-state index contributed by atoms with van der Waals surface area (Å²) >= 11 is 0. The summed E-state index contributed by atoms with van der Waals surface area (Å²) in [4.78, 5) is 20.8. The van der Waals surface area contributed by atoms with Gasteiger partial charge >= 0.3 is 0 Å². The summed E-state index contributed by atoms with van der Waals surface area (Å²) in [5.74, 6) is -0.253. The highest BCUT2D eigenvalue weighted by molar-refractivity contribution is 6.07. The molecule has 1 aromatic rings. The molecule has 2 rings (SSSR count). The van der Waals surface area contributed by atoms with Crippen molar-refractivity contribution in [3.63, 3.8) is 0 Å². The first-order valence-corrected chi connectivity index (χ1v) is 6.58. The van der Waals surface area contributed by atoms with Gasteiger partial charge in [0.05, 0.1) is 11.9 Å². The number of amides is 1. The molecule has 1 aliphatic rings. The van der Waals surface area contributed by atoms with Gasteiger partial charge in [0, 0.05) is 5.54 Å². The first kappa shape index (κ1) is 14.4. The number of aromatic nitrogens is 1. The van der Waals surface area contributed by atoms with Crippen molar-refractivity contribution in [1.29, 1.82) is 0 Å². The van der Waals surface area contributed by atoms with Crippen LogP contribution in [0, 0.1) is 5.82 Å². The summed E-state index contributed by atoms with van der Waals surface area (Å²) in [5, 5.41) is 5.87. The minimum absolute atomic E-state index is 0.216. The second-order valence-electron chi connectivity index (χ2n) is 5.87. The number of carbonyl (C=O) groups is 1. The second-order valence-corrected chi connectivity index (χ2v) is 5.87. The van der Waals surface area contributed by atoms with Crippen LogP contribution in [-0.2, 0) is 10.3 Å². The van der Waals surface area contributed by atoms with E-state index in [1.165, 1.54) is 12.1 Å². The molecule has 20 heavy (non-hydrogen) atoms. The number of aliphatic imine (C=N–C) groups is 1. The summed E-state index contributed by atoms with van der Waals surface area (Å²) in [5.41, 5.74) is -0.849. The van der Waals surface area contributed by atoms with E-state index in [1.54, 1.807) is 0 Å². The van der Waals surface area contributed by atoms with Crippen LogP contribution in [0.4, 0.5) is 4.39 Å². The lowest BCUT2D eigenvalue weighted by molar-refractivity contribution is -0.124. The Balaban J connectivity index is 2.39. The zero-order chi connectivity index (χ0) is 15.0. The normalized spacial score (nSPS) is 22.4. The molecule has 2 N–H and O–H groups in total. The molecule has 0 spiro atoms. The Labute approximate surface area is 117 Å². The zero-order valence-corrected chi connectivity index (χ0v) is 12.1. The third-order valence-corrected chi connectivity index (χ3v) is 3.07. The highest BCUT2D eigenvalue weighted by Gasteiger charge is 2.45. The van der Waals surface area contributed by atoms with Crippen LogP contribution in [0.2, 0.25) is 0 Å². The number of carbonyl (C=O) groups excluding carboxylic acids is 1. The first-order valence-electron chi connectivity index (χ1n) is 6.58. The van der Waals surface area contributed by atoms with E-state index >= 15 is 0 Å². The summed E-state index contributed by atoms with van der Waals surface area (Å²) < 4.78 is 13.0. The van der Waals surface area contributed by atoms with Crippen LogP contribution in [0.5, 0.6) is 0 Å². The van der Waals surface area contributed by atoms with Gasteiger partial charge in [0.2, 0.25) is 0 Å². The van der Waals surface area contributed by atoms with Gasteiger partial charge in [0.15, 0.2) is 11.5 Å². The molecule has 6 heteroatoms. The van der Waals surface area contributed by atoms with E-state index in [9.17, 15) is 9.18 Å². The molecule has 0 radical (unpaired) electrons. The van der Waals surface area contributed by atoms with Crippen LogP contribution >= 0.6 is 0 Å². The SMILES string of the molecule is CCC1(c2ccc(F)cn2)N=C(NC(C)(C)C)NC1=O. The highest BCUT2D eigenvalue weighted by Crippen LogP contribution is 2.31. The van der Waals surface area contributed by atoms with Gasteiger partial charge in [0.1, 0.15) is 5.82 Å². The molecular weight excluding hydrogens is 259 g/mol. The number of pyridine rings is 1. The van der Waals surface area contributed by atoms with E-state index in [4.69, 9.17) is 0 Å². The summed E-state index contributed by atoms with van der Waals surface area (Å²) in [6, 6.07) is 2.79. The van der Waals surface area contributed by atoms with Gasteiger partial charge in [-0.15, -0.1) is 0 Å². The molecule has 0 saturated carbocycles. The van der Waals surface area contributed by atoms with Gasteiger partial charge in [-0.1, -0.05) is 6.92 Å². The van der Waals surface area contributed by atoms with Crippen LogP contribution in [-0.4, -0.2) is 22.4 Å². The predicted octanol–water partition coefficient (Wildman–Crippen LogP) is 1.70. The van der Waals surface area contributed by atoms with Gasteiger partial charge in [-0.2, -0.15) is 0 Å². The average Bonchev–Trinajstić information content (AvgIpc) is 2.65. The van der Waals surface area contributed by atoms with Crippen LogP contribution < -0.4 is 10.6 Å². The highest BCUT2D eigenvalue weighted by atomic mass is 19.1. The van der Waals surface area contributed by atoms with Crippen molar-refractivity contribution >= 4 is 11.9 Å². The Bertz CT molecular complexity index is 547. The first-order chi connectivity index (χ1) is 9.27. The third kappa shape index (κ3) is 2.64. The van der Waals surface area contributed by atoms with Gasteiger partial charge in [0.25, 0.3) is 5.91 Å². The maximum Gasteiger partial charge on any atom is 0.260 e. The summed E-state index contributed by atoms with van der Waals surface area (Å²) in [6.45, 7) is 7.78. The van der Waals surface area contributed by atoms with E-state index in [2.05, 4.69) is 20.6 Å². The molecule has 108 valence electrons. The monoisotopic (exact) mass is 278 g/mol. The Kier molecular flexibility index (Phi) is 3.50. The molecule has 1 unspecified atom stereocenters. The van der Waals surface area contributed by atoms with E-state index in [0.717, 1.165) is 6.20 Å². The molecule has 0 aromatic carbocycles. The molecule has 5 nitrogen and oxygen atoms in total. The van der Waals surface area contributed by atoms with Crippen molar-refractivity contribution in [3.8, 4) is 0 Å². The topological polar surface area (TPSA) is 66.4 Å². The maximum atomic E-state index is 13.0. The van der Waals surface area contributed by atoms with Crippen molar-refractivity contribution in [1.82, 2.24) is 15.6 Å². The lowest BCUT2D eigenvalue weighted by Crippen LogP contribution is -2.47. The fourth-order valence-electron chi connectivity index (χ4n) is 2.11. The molecule has 2 heterocycles. The molecule has 0 aliphatic carbocycles. The van der Waals surface area contributed by atoms with Gasteiger partial charge in [-0.3, -0.25) is 15.1 Å². The molecule has 1 amide bonds. The number of halogens is 1. The van der Waals surface area contributed by atoms with Gasteiger partial charge in [-0.05, 0) is 39.3 Å². The summed E-state index contributed by atoms with van der Waals surface area (Å²) in [6.07, 6.45) is 1.55. The molecule has 1 aromatic heterocycles. The predicted molar refractivity (Wildman–Crippen MR) is 74.6 cm³/mol. The fourth-order valence-corrected chi connectivity index (χ4v) is 2.11. The van der Waals surface area contributed by atoms with Crippen molar-refractivity contribution in [2.75, 3.05) is 0 Å².